The highest BCUT2D eigenvalue weighted by Crippen LogP contribution is 2.13. The highest BCUT2D eigenvalue weighted by molar-refractivity contribution is 7.11. The standard InChI is InChI=1S/C16H22N6S/c1-13-19-11-14(23-13)12-20-16(17-2)22-9-7-21(8-10-22)15-5-3-4-6-18-15/h3-6,11H,7-10,12H2,1-2H3,(H,17,20). The first-order chi connectivity index (χ1) is 11.3. The van der Waals surface area contributed by atoms with E-state index in [1.165, 1.54) is 4.88 Å². The molecule has 1 N–H and O–H groups in total. The van der Waals surface area contributed by atoms with Crippen molar-refractivity contribution in [1.29, 1.82) is 0 Å². The van der Waals surface area contributed by atoms with E-state index in [9.17, 15) is 0 Å². The summed E-state index contributed by atoms with van der Waals surface area (Å²) in [4.78, 5) is 19.0. The van der Waals surface area contributed by atoms with Gasteiger partial charge >= 0.3 is 0 Å². The van der Waals surface area contributed by atoms with Gasteiger partial charge in [-0.15, -0.1) is 11.3 Å². The van der Waals surface area contributed by atoms with Crippen molar-refractivity contribution in [1.82, 2.24) is 20.2 Å². The van der Waals surface area contributed by atoms with Gasteiger partial charge in [-0.05, 0) is 19.1 Å². The maximum absolute atomic E-state index is 4.43. The van der Waals surface area contributed by atoms with Gasteiger partial charge in [0.1, 0.15) is 5.82 Å². The van der Waals surface area contributed by atoms with Crippen LogP contribution < -0.4 is 10.2 Å². The summed E-state index contributed by atoms with van der Waals surface area (Å²) in [6.07, 6.45) is 3.78. The number of aliphatic imine (C=N–C) groups is 1. The molecule has 1 aliphatic heterocycles. The van der Waals surface area contributed by atoms with E-state index in [-0.39, 0.29) is 0 Å². The van der Waals surface area contributed by atoms with E-state index in [1.54, 1.807) is 11.3 Å². The Morgan fingerprint density at radius 1 is 1.26 bits per heavy atom. The molecule has 0 bridgehead atoms. The van der Waals surface area contributed by atoms with Gasteiger partial charge < -0.3 is 15.1 Å². The minimum absolute atomic E-state index is 0.776. The van der Waals surface area contributed by atoms with E-state index >= 15 is 0 Å². The van der Waals surface area contributed by atoms with Crippen LogP contribution in [-0.4, -0.2) is 54.1 Å². The molecule has 122 valence electrons. The summed E-state index contributed by atoms with van der Waals surface area (Å²) in [6, 6.07) is 6.05. The fraction of sp³-hybridized carbons (Fsp3) is 0.438. The molecule has 0 amide bonds. The topological polar surface area (TPSA) is 56.7 Å². The van der Waals surface area contributed by atoms with Gasteiger partial charge in [-0.3, -0.25) is 4.99 Å². The quantitative estimate of drug-likeness (QED) is 0.686. The first-order valence-corrected chi connectivity index (χ1v) is 8.61. The third-order valence-electron chi connectivity index (χ3n) is 3.85. The number of pyridine rings is 1. The van der Waals surface area contributed by atoms with E-state index in [0.29, 0.717) is 0 Å². The van der Waals surface area contributed by atoms with Gasteiger partial charge in [-0.25, -0.2) is 9.97 Å². The second-order valence-electron chi connectivity index (χ2n) is 5.41. The first-order valence-electron chi connectivity index (χ1n) is 7.79. The number of anilines is 1. The number of nitrogens with zero attached hydrogens (tertiary/aromatic N) is 5. The summed E-state index contributed by atoms with van der Waals surface area (Å²) in [6.45, 7) is 6.60. The number of piperazine rings is 1. The molecule has 3 heterocycles. The van der Waals surface area contributed by atoms with E-state index < -0.39 is 0 Å². The summed E-state index contributed by atoms with van der Waals surface area (Å²) in [5.41, 5.74) is 0. The zero-order valence-electron chi connectivity index (χ0n) is 13.6. The van der Waals surface area contributed by atoms with Gasteiger partial charge in [0.25, 0.3) is 0 Å². The third kappa shape index (κ3) is 3.98. The highest BCUT2D eigenvalue weighted by Gasteiger charge is 2.20. The lowest BCUT2D eigenvalue weighted by molar-refractivity contribution is 0.371. The number of thiazole rings is 1. The van der Waals surface area contributed by atoms with Crippen molar-refractivity contribution in [3.05, 3.63) is 40.5 Å². The van der Waals surface area contributed by atoms with Crippen molar-refractivity contribution < 1.29 is 0 Å². The Balaban J connectivity index is 1.53. The fourth-order valence-electron chi connectivity index (χ4n) is 2.67. The van der Waals surface area contributed by atoms with Crippen molar-refractivity contribution in [2.24, 2.45) is 4.99 Å². The maximum atomic E-state index is 4.43. The first kappa shape index (κ1) is 15.7. The predicted molar refractivity (Wildman–Crippen MR) is 95.1 cm³/mol. The highest BCUT2D eigenvalue weighted by atomic mass is 32.1. The van der Waals surface area contributed by atoms with Gasteiger partial charge in [0.15, 0.2) is 5.96 Å². The van der Waals surface area contributed by atoms with Gasteiger partial charge in [0.05, 0.1) is 11.6 Å². The second-order valence-corrected chi connectivity index (χ2v) is 6.73. The van der Waals surface area contributed by atoms with E-state index in [2.05, 4.69) is 36.1 Å². The number of rotatable bonds is 3. The van der Waals surface area contributed by atoms with Crippen LogP contribution in [-0.2, 0) is 6.54 Å². The van der Waals surface area contributed by atoms with Crippen LogP contribution in [0.15, 0.2) is 35.6 Å². The Morgan fingerprint density at radius 2 is 2.09 bits per heavy atom. The van der Waals surface area contributed by atoms with E-state index in [1.807, 2.05) is 38.5 Å². The van der Waals surface area contributed by atoms with Crippen LogP contribution in [0.2, 0.25) is 0 Å². The Labute approximate surface area is 140 Å². The average Bonchev–Trinajstić information content (AvgIpc) is 3.02. The molecule has 0 aromatic carbocycles. The lowest BCUT2D eigenvalue weighted by Crippen LogP contribution is -2.52. The number of hydrogen-bond acceptors (Lipinski definition) is 5. The molecule has 7 heteroatoms. The van der Waals surface area contributed by atoms with Gasteiger partial charge in [0.2, 0.25) is 0 Å². The maximum Gasteiger partial charge on any atom is 0.194 e. The van der Waals surface area contributed by atoms with Crippen LogP contribution >= 0.6 is 11.3 Å². The third-order valence-corrected chi connectivity index (χ3v) is 4.77. The smallest absolute Gasteiger partial charge is 0.194 e. The van der Waals surface area contributed by atoms with Crippen LogP contribution in [0.5, 0.6) is 0 Å². The Hall–Kier alpha value is -2.15. The SMILES string of the molecule is CN=C(NCc1cnc(C)s1)N1CCN(c2ccccn2)CC1. The molecule has 2 aromatic rings. The normalized spacial score (nSPS) is 15.8. The Morgan fingerprint density at radius 3 is 2.70 bits per heavy atom. The monoisotopic (exact) mass is 330 g/mol. The molecule has 2 aromatic heterocycles. The molecule has 1 saturated heterocycles. The summed E-state index contributed by atoms with van der Waals surface area (Å²) >= 11 is 1.72. The summed E-state index contributed by atoms with van der Waals surface area (Å²) in [5.74, 6) is 2.01. The largest absolute Gasteiger partial charge is 0.353 e. The van der Waals surface area contributed by atoms with Gasteiger partial charge in [0, 0.05) is 50.5 Å². The molecule has 0 atom stereocenters. The molecular weight excluding hydrogens is 308 g/mol. The lowest BCUT2D eigenvalue weighted by atomic mass is 10.3. The number of hydrogen-bond donors (Lipinski definition) is 1. The minimum atomic E-state index is 0.776. The molecule has 3 rings (SSSR count). The summed E-state index contributed by atoms with van der Waals surface area (Å²) in [7, 11) is 1.84. The van der Waals surface area contributed by atoms with Crippen LogP contribution in [0.1, 0.15) is 9.88 Å². The van der Waals surface area contributed by atoms with Crippen molar-refractivity contribution in [3.8, 4) is 0 Å². The molecular formula is C16H22N6S. The zero-order chi connectivity index (χ0) is 16.1. The molecule has 1 aliphatic rings. The second kappa shape index (κ2) is 7.41. The van der Waals surface area contributed by atoms with Crippen molar-refractivity contribution >= 4 is 23.1 Å². The molecule has 0 spiro atoms. The molecule has 0 radical (unpaired) electrons. The average molecular weight is 330 g/mol. The van der Waals surface area contributed by atoms with E-state index in [0.717, 1.165) is 49.5 Å². The fourth-order valence-corrected chi connectivity index (χ4v) is 3.41. The van der Waals surface area contributed by atoms with Crippen LogP contribution in [0.25, 0.3) is 0 Å². The summed E-state index contributed by atoms with van der Waals surface area (Å²) in [5, 5.41) is 4.53. The lowest BCUT2D eigenvalue weighted by Gasteiger charge is -2.37. The zero-order valence-corrected chi connectivity index (χ0v) is 14.4. The van der Waals surface area contributed by atoms with Crippen LogP contribution in [0.4, 0.5) is 5.82 Å². The van der Waals surface area contributed by atoms with Crippen LogP contribution in [0, 0.1) is 6.92 Å². The van der Waals surface area contributed by atoms with E-state index in [4.69, 9.17) is 0 Å². The predicted octanol–water partition coefficient (Wildman–Crippen LogP) is 1.74. The van der Waals surface area contributed by atoms with Gasteiger partial charge in [-0.1, -0.05) is 6.07 Å². The molecule has 0 saturated carbocycles. The molecule has 23 heavy (non-hydrogen) atoms. The van der Waals surface area contributed by atoms with Gasteiger partial charge in [-0.2, -0.15) is 0 Å². The Bertz CT molecular complexity index is 646. The number of aromatic nitrogens is 2. The number of guanidine groups is 1. The van der Waals surface area contributed by atoms with Crippen molar-refractivity contribution in [2.75, 3.05) is 38.1 Å². The Kier molecular flexibility index (Phi) is 5.07. The molecule has 6 nitrogen and oxygen atoms in total. The number of aryl methyl sites for hydroxylation is 1. The van der Waals surface area contributed by atoms with Crippen LogP contribution in [0.3, 0.4) is 0 Å². The van der Waals surface area contributed by atoms with Crippen molar-refractivity contribution in [3.63, 3.8) is 0 Å². The molecule has 0 unspecified atom stereocenters. The number of nitrogens with one attached hydrogen (secondary N) is 1. The van der Waals surface area contributed by atoms with Crippen molar-refractivity contribution in [2.45, 2.75) is 13.5 Å². The molecule has 1 fully saturated rings. The minimum Gasteiger partial charge on any atom is -0.353 e. The molecule has 0 aliphatic carbocycles. The summed E-state index contributed by atoms with van der Waals surface area (Å²) < 4.78 is 0.